The van der Waals surface area contributed by atoms with Crippen LogP contribution in [-0.4, -0.2) is 40.5 Å². The Morgan fingerprint density at radius 1 is 1.17 bits per heavy atom. The van der Waals surface area contributed by atoms with Crippen LogP contribution in [0.2, 0.25) is 5.02 Å². The van der Waals surface area contributed by atoms with Gasteiger partial charge < -0.3 is 0 Å². The molecule has 3 nitrogen and oxygen atoms in total. The van der Waals surface area contributed by atoms with Crippen molar-refractivity contribution in [2.45, 2.75) is 38.9 Å². The molecule has 1 aliphatic heterocycles. The van der Waals surface area contributed by atoms with E-state index in [2.05, 4.69) is 39.9 Å². The molecule has 0 N–H and O–H groups in total. The Morgan fingerprint density at radius 3 is 2.67 bits per heavy atom. The zero-order chi connectivity index (χ0) is 16.8. The van der Waals surface area contributed by atoms with Gasteiger partial charge in [-0.1, -0.05) is 36.7 Å². The highest BCUT2D eigenvalue weighted by Crippen LogP contribution is 2.20. The summed E-state index contributed by atoms with van der Waals surface area (Å²) in [6.07, 6.45) is 6.43. The number of likely N-dealkylation sites (tertiary alicyclic amines) is 1. The number of benzene rings is 1. The summed E-state index contributed by atoms with van der Waals surface area (Å²) in [5, 5.41) is 0.797. The van der Waals surface area contributed by atoms with Crippen molar-refractivity contribution >= 4 is 11.6 Å². The quantitative estimate of drug-likeness (QED) is 0.750. The second kappa shape index (κ2) is 8.61. The summed E-state index contributed by atoms with van der Waals surface area (Å²) in [5.41, 5.74) is 2.58. The lowest BCUT2D eigenvalue weighted by atomic mass is 10.1. The minimum absolute atomic E-state index is 0.666. The van der Waals surface area contributed by atoms with Crippen LogP contribution in [0.5, 0.6) is 0 Å². The van der Waals surface area contributed by atoms with Gasteiger partial charge in [0.1, 0.15) is 0 Å². The van der Waals surface area contributed by atoms with Gasteiger partial charge in [0, 0.05) is 43.1 Å². The van der Waals surface area contributed by atoms with Crippen LogP contribution in [0.1, 0.15) is 30.9 Å². The van der Waals surface area contributed by atoms with E-state index in [0.717, 1.165) is 31.2 Å². The maximum atomic E-state index is 6.02. The van der Waals surface area contributed by atoms with E-state index in [-0.39, 0.29) is 0 Å². The molecule has 1 aromatic carbocycles. The Balaban J connectivity index is 1.71. The fourth-order valence-electron chi connectivity index (χ4n) is 3.60. The van der Waals surface area contributed by atoms with Gasteiger partial charge in [-0.05, 0) is 55.3 Å². The van der Waals surface area contributed by atoms with Crippen molar-refractivity contribution in [1.82, 2.24) is 14.8 Å². The molecule has 2 heterocycles. The Morgan fingerprint density at radius 2 is 1.96 bits per heavy atom. The Bertz CT molecular complexity index is 615. The van der Waals surface area contributed by atoms with Crippen LogP contribution in [0.15, 0.2) is 48.8 Å². The van der Waals surface area contributed by atoms with E-state index in [1.165, 1.54) is 30.5 Å². The maximum absolute atomic E-state index is 6.02. The number of nitrogens with zero attached hydrogens (tertiary/aromatic N) is 3. The van der Waals surface area contributed by atoms with Crippen LogP contribution in [0.4, 0.5) is 0 Å². The summed E-state index contributed by atoms with van der Waals surface area (Å²) in [6, 6.07) is 13.1. The molecule has 1 aliphatic rings. The van der Waals surface area contributed by atoms with Crippen LogP contribution in [-0.2, 0) is 13.1 Å². The summed E-state index contributed by atoms with van der Waals surface area (Å²) in [5.74, 6) is 0. The van der Waals surface area contributed by atoms with E-state index in [1.807, 2.05) is 30.6 Å². The lowest BCUT2D eigenvalue weighted by molar-refractivity contribution is 0.166. The molecule has 4 heteroatoms. The molecule has 24 heavy (non-hydrogen) atoms. The van der Waals surface area contributed by atoms with Crippen LogP contribution in [0.25, 0.3) is 0 Å². The maximum Gasteiger partial charge on any atom is 0.0406 e. The van der Waals surface area contributed by atoms with E-state index < -0.39 is 0 Å². The standard InChI is InChI=1S/C20H26ClN3/c1-2-24-12-4-6-20(24)16-23(15-18-5-3-11-22-13-18)14-17-7-9-19(21)10-8-17/h3,5,7-11,13,20H,2,4,6,12,14-16H2,1H3. The van der Waals surface area contributed by atoms with Gasteiger partial charge in [0.15, 0.2) is 0 Å². The third-order valence-corrected chi connectivity index (χ3v) is 5.07. The monoisotopic (exact) mass is 343 g/mol. The number of aromatic nitrogens is 1. The summed E-state index contributed by atoms with van der Waals surface area (Å²) < 4.78 is 0. The first kappa shape index (κ1) is 17.4. The molecule has 1 fully saturated rings. The first-order chi connectivity index (χ1) is 11.7. The fourth-order valence-corrected chi connectivity index (χ4v) is 3.73. The van der Waals surface area contributed by atoms with E-state index in [0.29, 0.717) is 6.04 Å². The van der Waals surface area contributed by atoms with Gasteiger partial charge in [-0.3, -0.25) is 14.8 Å². The smallest absolute Gasteiger partial charge is 0.0406 e. The summed E-state index contributed by atoms with van der Waals surface area (Å²) in [4.78, 5) is 9.41. The van der Waals surface area contributed by atoms with Crippen molar-refractivity contribution in [3.05, 3.63) is 64.9 Å². The molecular weight excluding hydrogens is 318 g/mol. The predicted octanol–water partition coefficient (Wildman–Crippen LogP) is 4.22. The van der Waals surface area contributed by atoms with Crippen molar-refractivity contribution in [3.8, 4) is 0 Å². The van der Waals surface area contributed by atoms with Gasteiger partial charge in [-0.2, -0.15) is 0 Å². The zero-order valence-electron chi connectivity index (χ0n) is 14.4. The Labute approximate surface area is 150 Å². The van der Waals surface area contributed by atoms with Crippen molar-refractivity contribution in [1.29, 1.82) is 0 Å². The highest BCUT2D eigenvalue weighted by Gasteiger charge is 2.25. The minimum atomic E-state index is 0.666. The van der Waals surface area contributed by atoms with Gasteiger partial charge in [-0.15, -0.1) is 0 Å². The number of pyridine rings is 1. The number of likely N-dealkylation sites (N-methyl/N-ethyl adjacent to an activating group) is 1. The van der Waals surface area contributed by atoms with Crippen molar-refractivity contribution in [2.75, 3.05) is 19.6 Å². The van der Waals surface area contributed by atoms with Gasteiger partial charge in [0.2, 0.25) is 0 Å². The SMILES string of the molecule is CCN1CCCC1CN(Cc1ccc(Cl)cc1)Cc1cccnc1. The van der Waals surface area contributed by atoms with Gasteiger partial charge in [0.05, 0.1) is 0 Å². The molecule has 0 saturated carbocycles. The Kier molecular flexibility index (Phi) is 6.24. The molecule has 0 radical (unpaired) electrons. The topological polar surface area (TPSA) is 19.4 Å². The number of halogens is 1. The third-order valence-electron chi connectivity index (χ3n) is 4.82. The first-order valence-corrected chi connectivity index (χ1v) is 9.22. The predicted molar refractivity (Wildman–Crippen MR) is 100 cm³/mol. The average molecular weight is 344 g/mol. The zero-order valence-corrected chi connectivity index (χ0v) is 15.1. The molecule has 0 spiro atoms. The van der Waals surface area contributed by atoms with Gasteiger partial charge in [0.25, 0.3) is 0 Å². The third kappa shape index (κ3) is 4.79. The average Bonchev–Trinajstić information content (AvgIpc) is 3.05. The van der Waals surface area contributed by atoms with Crippen molar-refractivity contribution in [3.63, 3.8) is 0 Å². The van der Waals surface area contributed by atoms with Crippen molar-refractivity contribution in [2.24, 2.45) is 0 Å². The van der Waals surface area contributed by atoms with Gasteiger partial charge >= 0.3 is 0 Å². The molecule has 128 valence electrons. The minimum Gasteiger partial charge on any atom is -0.299 e. The lowest BCUT2D eigenvalue weighted by Gasteiger charge is -2.30. The normalized spacial score (nSPS) is 18.4. The van der Waals surface area contributed by atoms with E-state index in [4.69, 9.17) is 11.6 Å². The molecule has 1 saturated heterocycles. The largest absolute Gasteiger partial charge is 0.299 e. The number of hydrogen-bond acceptors (Lipinski definition) is 3. The van der Waals surface area contributed by atoms with Gasteiger partial charge in [-0.25, -0.2) is 0 Å². The summed E-state index contributed by atoms with van der Waals surface area (Å²) in [6.45, 7) is 7.63. The highest BCUT2D eigenvalue weighted by atomic mass is 35.5. The molecule has 1 atom stereocenters. The van der Waals surface area contributed by atoms with Crippen LogP contribution in [0, 0.1) is 0 Å². The second-order valence-corrected chi connectivity index (χ2v) is 7.02. The molecule has 2 aromatic rings. The highest BCUT2D eigenvalue weighted by molar-refractivity contribution is 6.30. The Hall–Kier alpha value is -1.42. The molecule has 0 aliphatic carbocycles. The summed E-state index contributed by atoms with van der Waals surface area (Å²) in [7, 11) is 0. The molecule has 0 amide bonds. The summed E-state index contributed by atoms with van der Waals surface area (Å²) >= 11 is 6.02. The molecule has 0 bridgehead atoms. The molecule has 1 unspecified atom stereocenters. The fraction of sp³-hybridized carbons (Fsp3) is 0.450. The first-order valence-electron chi connectivity index (χ1n) is 8.84. The van der Waals surface area contributed by atoms with Crippen LogP contribution in [0.3, 0.4) is 0 Å². The van der Waals surface area contributed by atoms with Crippen LogP contribution >= 0.6 is 11.6 Å². The van der Waals surface area contributed by atoms with Crippen molar-refractivity contribution < 1.29 is 0 Å². The lowest BCUT2D eigenvalue weighted by Crippen LogP contribution is -2.39. The van der Waals surface area contributed by atoms with E-state index in [1.54, 1.807) is 0 Å². The van der Waals surface area contributed by atoms with E-state index >= 15 is 0 Å². The number of hydrogen-bond donors (Lipinski definition) is 0. The van der Waals surface area contributed by atoms with E-state index in [9.17, 15) is 0 Å². The molecule has 1 aromatic heterocycles. The molecular formula is C20H26ClN3. The molecule has 3 rings (SSSR count). The van der Waals surface area contributed by atoms with Crippen LogP contribution < -0.4 is 0 Å². The second-order valence-electron chi connectivity index (χ2n) is 6.58. The number of rotatable bonds is 7.